The van der Waals surface area contributed by atoms with Gasteiger partial charge in [0, 0.05) is 0 Å². The fourth-order valence-corrected chi connectivity index (χ4v) is 3.11. The molecule has 0 amide bonds. The molecule has 2 aliphatic rings. The Bertz CT molecular complexity index is 160. The van der Waals surface area contributed by atoms with Gasteiger partial charge in [-0.1, -0.05) is 19.8 Å². The van der Waals surface area contributed by atoms with Crippen LogP contribution in [0.15, 0.2) is 0 Å². The first-order chi connectivity index (χ1) is 5.77. The lowest BCUT2D eigenvalue weighted by atomic mass is 9.87. The van der Waals surface area contributed by atoms with Gasteiger partial charge in [0.2, 0.25) is 0 Å². The lowest BCUT2D eigenvalue weighted by molar-refractivity contribution is 0.310. The number of rotatable bonds is 3. The van der Waals surface area contributed by atoms with Gasteiger partial charge in [-0.05, 0) is 50.1 Å². The molecule has 0 heterocycles. The lowest BCUT2D eigenvalue weighted by Gasteiger charge is -2.19. The quantitative estimate of drug-likeness (QED) is 0.680. The summed E-state index contributed by atoms with van der Waals surface area (Å²) in [7, 11) is 2.08. The van der Waals surface area contributed by atoms with Crippen molar-refractivity contribution in [2.24, 2.45) is 17.3 Å². The Morgan fingerprint density at radius 3 is 2.58 bits per heavy atom. The Morgan fingerprint density at radius 1 is 1.33 bits per heavy atom. The molecule has 0 spiro atoms. The maximum absolute atomic E-state index is 3.31. The maximum atomic E-state index is 3.31. The van der Waals surface area contributed by atoms with E-state index in [0.717, 1.165) is 17.3 Å². The molecule has 2 unspecified atom stereocenters. The minimum atomic E-state index is 0.736. The van der Waals surface area contributed by atoms with Crippen molar-refractivity contribution < 1.29 is 0 Å². The molecule has 70 valence electrons. The van der Waals surface area contributed by atoms with E-state index in [1.165, 1.54) is 38.6 Å². The summed E-state index contributed by atoms with van der Waals surface area (Å²) >= 11 is 0. The van der Waals surface area contributed by atoms with Crippen LogP contribution in [-0.2, 0) is 0 Å². The third kappa shape index (κ3) is 1.28. The van der Waals surface area contributed by atoms with Crippen LogP contribution in [0.3, 0.4) is 0 Å². The second-order valence-electron chi connectivity index (χ2n) is 4.95. The van der Waals surface area contributed by atoms with Gasteiger partial charge in [-0.3, -0.25) is 0 Å². The van der Waals surface area contributed by atoms with E-state index in [4.69, 9.17) is 0 Å². The first kappa shape index (κ1) is 8.55. The van der Waals surface area contributed by atoms with Crippen molar-refractivity contribution in [2.75, 3.05) is 13.6 Å². The molecule has 0 aliphatic heterocycles. The first-order valence-corrected chi connectivity index (χ1v) is 5.42. The fourth-order valence-electron chi connectivity index (χ4n) is 3.11. The van der Waals surface area contributed by atoms with E-state index in [-0.39, 0.29) is 0 Å². The molecule has 0 radical (unpaired) electrons. The van der Waals surface area contributed by atoms with Gasteiger partial charge in [0.1, 0.15) is 0 Å². The molecule has 12 heavy (non-hydrogen) atoms. The molecule has 0 saturated heterocycles. The van der Waals surface area contributed by atoms with Crippen LogP contribution in [0.25, 0.3) is 0 Å². The second kappa shape index (κ2) is 3.02. The third-order valence-electron chi connectivity index (χ3n) is 4.20. The highest BCUT2D eigenvalue weighted by Crippen LogP contribution is 2.61. The molecule has 1 nitrogen and oxygen atoms in total. The largest absolute Gasteiger partial charge is 0.319 e. The number of hydrogen-bond acceptors (Lipinski definition) is 1. The van der Waals surface area contributed by atoms with Crippen molar-refractivity contribution in [3.05, 3.63) is 0 Å². The number of hydrogen-bond donors (Lipinski definition) is 1. The second-order valence-corrected chi connectivity index (χ2v) is 4.95. The Labute approximate surface area is 75.9 Å². The van der Waals surface area contributed by atoms with Crippen LogP contribution in [0.2, 0.25) is 0 Å². The van der Waals surface area contributed by atoms with Gasteiger partial charge in [0.25, 0.3) is 0 Å². The lowest BCUT2D eigenvalue weighted by Crippen LogP contribution is -2.18. The molecule has 2 atom stereocenters. The van der Waals surface area contributed by atoms with Gasteiger partial charge in [-0.15, -0.1) is 0 Å². The molecule has 2 aliphatic carbocycles. The summed E-state index contributed by atoms with van der Waals surface area (Å²) < 4.78 is 0. The fraction of sp³-hybridized carbons (Fsp3) is 1.00. The molecule has 0 aromatic heterocycles. The van der Waals surface area contributed by atoms with Crippen molar-refractivity contribution >= 4 is 0 Å². The summed E-state index contributed by atoms with van der Waals surface area (Å²) in [6.07, 6.45) is 7.49. The van der Waals surface area contributed by atoms with Gasteiger partial charge in [-0.2, -0.15) is 0 Å². The minimum Gasteiger partial charge on any atom is -0.319 e. The van der Waals surface area contributed by atoms with Gasteiger partial charge >= 0.3 is 0 Å². The third-order valence-corrected chi connectivity index (χ3v) is 4.20. The highest BCUT2D eigenvalue weighted by atomic mass is 14.8. The van der Waals surface area contributed by atoms with Crippen LogP contribution < -0.4 is 5.32 Å². The SMILES string of the molecule is CNCC1CC1(C)C1CCCC1. The minimum absolute atomic E-state index is 0.736. The summed E-state index contributed by atoms with van der Waals surface area (Å²) in [4.78, 5) is 0. The molecule has 1 N–H and O–H groups in total. The summed E-state index contributed by atoms with van der Waals surface area (Å²) in [5.74, 6) is 2.06. The molecule has 0 aromatic rings. The van der Waals surface area contributed by atoms with Crippen molar-refractivity contribution in [1.82, 2.24) is 5.32 Å². The summed E-state index contributed by atoms with van der Waals surface area (Å²) in [5.41, 5.74) is 0.736. The van der Waals surface area contributed by atoms with E-state index >= 15 is 0 Å². The zero-order valence-electron chi connectivity index (χ0n) is 8.40. The number of nitrogens with one attached hydrogen (secondary N) is 1. The average Bonchev–Trinajstić information content (AvgIpc) is 2.57. The zero-order valence-corrected chi connectivity index (χ0v) is 8.40. The highest BCUT2D eigenvalue weighted by Gasteiger charge is 2.54. The van der Waals surface area contributed by atoms with Crippen molar-refractivity contribution in [3.63, 3.8) is 0 Å². The molecule has 1 heteroatoms. The van der Waals surface area contributed by atoms with E-state index in [2.05, 4.69) is 19.3 Å². The molecule has 2 fully saturated rings. The molecule has 0 aromatic carbocycles. The predicted molar refractivity (Wildman–Crippen MR) is 52.1 cm³/mol. The normalized spacial score (nSPS) is 42.0. The predicted octanol–water partition coefficient (Wildman–Crippen LogP) is 2.42. The average molecular weight is 167 g/mol. The monoisotopic (exact) mass is 167 g/mol. The molecule has 2 rings (SSSR count). The molecule has 2 saturated carbocycles. The first-order valence-electron chi connectivity index (χ1n) is 5.42. The van der Waals surface area contributed by atoms with Gasteiger partial charge < -0.3 is 5.32 Å². The van der Waals surface area contributed by atoms with Gasteiger partial charge in [-0.25, -0.2) is 0 Å². The van der Waals surface area contributed by atoms with Gasteiger partial charge in [0.15, 0.2) is 0 Å². The van der Waals surface area contributed by atoms with E-state index in [9.17, 15) is 0 Å². The Morgan fingerprint density at radius 2 is 2.00 bits per heavy atom. The standard InChI is InChI=1S/C11H21N/c1-11(7-10(11)8-12-2)9-5-3-4-6-9/h9-10,12H,3-8H2,1-2H3. The molecule has 0 bridgehead atoms. The summed E-state index contributed by atoms with van der Waals surface area (Å²) in [6, 6.07) is 0. The van der Waals surface area contributed by atoms with Crippen LogP contribution in [0, 0.1) is 17.3 Å². The molecular weight excluding hydrogens is 146 g/mol. The smallest absolute Gasteiger partial charge is 0.00180 e. The van der Waals surface area contributed by atoms with Crippen LogP contribution in [0.5, 0.6) is 0 Å². The highest BCUT2D eigenvalue weighted by molar-refractivity contribution is 5.04. The topological polar surface area (TPSA) is 12.0 Å². The van der Waals surface area contributed by atoms with Crippen molar-refractivity contribution in [2.45, 2.75) is 39.0 Å². The van der Waals surface area contributed by atoms with Crippen LogP contribution in [-0.4, -0.2) is 13.6 Å². The molecular formula is C11H21N. The Kier molecular flexibility index (Phi) is 2.16. The van der Waals surface area contributed by atoms with Crippen LogP contribution in [0.4, 0.5) is 0 Å². The van der Waals surface area contributed by atoms with Gasteiger partial charge in [0.05, 0.1) is 0 Å². The van der Waals surface area contributed by atoms with E-state index in [1.807, 2.05) is 0 Å². The van der Waals surface area contributed by atoms with Crippen LogP contribution >= 0.6 is 0 Å². The van der Waals surface area contributed by atoms with E-state index in [1.54, 1.807) is 0 Å². The maximum Gasteiger partial charge on any atom is -0.00180 e. The van der Waals surface area contributed by atoms with E-state index < -0.39 is 0 Å². The van der Waals surface area contributed by atoms with Crippen molar-refractivity contribution in [3.8, 4) is 0 Å². The Balaban J connectivity index is 1.87. The summed E-state index contributed by atoms with van der Waals surface area (Å²) in [5, 5.41) is 3.31. The van der Waals surface area contributed by atoms with Crippen molar-refractivity contribution in [1.29, 1.82) is 0 Å². The van der Waals surface area contributed by atoms with Crippen LogP contribution in [0.1, 0.15) is 39.0 Å². The summed E-state index contributed by atoms with van der Waals surface area (Å²) in [6.45, 7) is 3.75. The zero-order chi connectivity index (χ0) is 8.60. The Hall–Kier alpha value is -0.0400. The van der Waals surface area contributed by atoms with E-state index in [0.29, 0.717) is 0 Å².